The summed E-state index contributed by atoms with van der Waals surface area (Å²) in [4.78, 5) is 15.2. The molecule has 0 radical (unpaired) electrons. The summed E-state index contributed by atoms with van der Waals surface area (Å²) in [5.74, 6) is -0.225. The molecule has 2 aromatic rings. The van der Waals surface area contributed by atoms with Crippen LogP contribution < -0.4 is 10.6 Å². The van der Waals surface area contributed by atoms with Crippen LogP contribution in [0.15, 0.2) is 36.7 Å². The molecule has 38 heavy (non-hydrogen) atoms. The number of carboxylic acids is 1. The van der Waals surface area contributed by atoms with Crippen molar-refractivity contribution in [1.82, 2.24) is 15.6 Å². The molecule has 0 spiro atoms. The lowest BCUT2D eigenvalue weighted by Crippen LogP contribution is -2.37. The molecule has 2 rings (SSSR count). The minimum absolute atomic E-state index is 0.0537. The molecule has 0 aliphatic heterocycles. The number of rotatable bonds is 20. The molecule has 0 bridgehead atoms. The fourth-order valence-electron chi connectivity index (χ4n) is 4.60. The van der Waals surface area contributed by atoms with Gasteiger partial charge in [0.15, 0.2) is 0 Å². The first-order chi connectivity index (χ1) is 18.3. The SMILES string of the molecule is CCCC(OC[C@H](O)CNCNCCC[C@H](C)Cc1ccc(Cl)c(CC)c1)c1ccncc1CCC(=O)O. The molecule has 1 aromatic carbocycles. The fraction of sp³-hybridized carbons (Fsp3) is 0.600. The Morgan fingerprint density at radius 2 is 1.97 bits per heavy atom. The second-order valence-corrected chi connectivity index (χ2v) is 10.5. The molecular formula is C30H46ClN3O4. The fourth-order valence-corrected chi connectivity index (χ4v) is 4.85. The van der Waals surface area contributed by atoms with Crippen LogP contribution in [0, 0.1) is 5.92 Å². The van der Waals surface area contributed by atoms with Gasteiger partial charge < -0.3 is 25.6 Å². The van der Waals surface area contributed by atoms with Crippen molar-refractivity contribution in [3.05, 3.63) is 63.9 Å². The van der Waals surface area contributed by atoms with Crippen LogP contribution in [0.2, 0.25) is 5.02 Å². The molecule has 8 heteroatoms. The van der Waals surface area contributed by atoms with Crippen LogP contribution in [-0.4, -0.2) is 53.6 Å². The quantitative estimate of drug-likeness (QED) is 0.131. The summed E-state index contributed by atoms with van der Waals surface area (Å²) in [6, 6.07) is 8.27. The molecule has 0 saturated carbocycles. The number of ether oxygens (including phenoxy) is 1. The smallest absolute Gasteiger partial charge is 0.303 e. The number of aromatic nitrogens is 1. The summed E-state index contributed by atoms with van der Waals surface area (Å²) in [7, 11) is 0. The maximum Gasteiger partial charge on any atom is 0.303 e. The van der Waals surface area contributed by atoms with Crippen LogP contribution in [0.25, 0.3) is 0 Å². The molecular weight excluding hydrogens is 502 g/mol. The monoisotopic (exact) mass is 547 g/mol. The van der Waals surface area contributed by atoms with Crippen molar-refractivity contribution < 1.29 is 19.7 Å². The molecule has 0 aliphatic carbocycles. The largest absolute Gasteiger partial charge is 0.481 e. The maximum absolute atomic E-state index is 11.0. The Morgan fingerprint density at radius 3 is 2.71 bits per heavy atom. The molecule has 212 valence electrons. The lowest BCUT2D eigenvalue weighted by molar-refractivity contribution is -0.136. The van der Waals surface area contributed by atoms with E-state index in [-0.39, 0.29) is 19.1 Å². The lowest BCUT2D eigenvalue weighted by atomic mass is 9.95. The second-order valence-electron chi connectivity index (χ2n) is 10.1. The number of carbonyl (C=O) groups is 1. The number of nitrogens with one attached hydrogen (secondary N) is 2. The molecule has 4 N–H and O–H groups in total. The van der Waals surface area contributed by atoms with Crippen LogP contribution >= 0.6 is 11.6 Å². The average Bonchev–Trinajstić information content (AvgIpc) is 2.90. The highest BCUT2D eigenvalue weighted by Gasteiger charge is 2.18. The van der Waals surface area contributed by atoms with Crippen molar-refractivity contribution >= 4 is 17.6 Å². The molecule has 0 aliphatic rings. The molecule has 7 nitrogen and oxygen atoms in total. The Labute approximate surface area is 233 Å². The minimum atomic E-state index is -0.833. The van der Waals surface area contributed by atoms with Crippen molar-refractivity contribution in [3.63, 3.8) is 0 Å². The normalized spacial score (nSPS) is 13.8. The van der Waals surface area contributed by atoms with E-state index in [0.29, 0.717) is 25.6 Å². The van der Waals surface area contributed by atoms with Crippen LogP contribution in [0.4, 0.5) is 0 Å². The molecule has 0 saturated heterocycles. The zero-order valence-corrected chi connectivity index (χ0v) is 24.0. The maximum atomic E-state index is 11.0. The summed E-state index contributed by atoms with van der Waals surface area (Å²) >= 11 is 6.24. The zero-order chi connectivity index (χ0) is 27.8. The number of nitrogens with zero attached hydrogens (tertiary/aromatic N) is 1. The van der Waals surface area contributed by atoms with Crippen molar-refractivity contribution in [1.29, 1.82) is 0 Å². The van der Waals surface area contributed by atoms with Gasteiger partial charge in [0.1, 0.15) is 0 Å². The third-order valence-corrected chi connectivity index (χ3v) is 7.06. The standard InChI is InChI=1S/C30H46ClN3O4/c1-4-7-29(27-13-15-32-18-25(27)10-12-30(36)37)38-20-26(35)19-34-21-33-14-6-8-22(3)16-23-9-11-28(31)24(5-2)17-23/h9,11,13,15,17-18,22,26,29,33-35H,4-8,10,12,14,16,19-21H2,1-3H3,(H,36,37)/t22-,26+,29?/m0/s1. The van der Waals surface area contributed by atoms with E-state index in [0.717, 1.165) is 61.2 Å². The van der Waals surface area contributed by atoms with Crippen molar-refractivity contribution in [3.8, 4) is 0 Å². The molecule has 1 aromatic heterocycles. The van der Waals surface area contributed by atoms with Gasteiger partial charge in [-0.2, -0.15) is 0 Å². The van der Waals surface area contributed by atoms with Gasteiger partial charge in [-0.15, -0.1) is 0 Å². The van der Waals surface area contributed by atoms with Gasteiger partial charge in [0.05, 0.1) is 18.8 Å². The first-order valence-electron chi connectivity index (χ1n) is 14.0. The molecule has 1 heterocycles. The van der Waals surface area contributed by atoms with E-state index in [1.165, 1.54) is 11.1 Å². The van der Waals surface area contributed by atoms with E-state index in [1.54, 1.807) is 12.4 Å². The number of benzene rings is 1. The number of aliphatic hydroxyl groups is 1. The van der Waals surface area contributed by atoms with Gasteiger partial charge in [0, 0.05) is 37.1 Å². The minimum Gasteiger partial charge on any atom is -0.481 e. The Morgan fingerprint density at radius 1 is 1.16 bits per heavy atom. The number of aliphatic carboxylic acids is 1. The Hall–Kier alpha value is -2.03. The number of pyridine rings is 1. The topological polar surface area (TPSA) is 104 Å². The Bertz CT molecular complexity index is 959. The Kier molecular flexibility index (Phi) is 15.5. The molecule has 0 fully saturated rings. The van der Waals surface area contributed by atoms with Crippen molar-refractivity contribution in [2.75, 3.05) is 26.4 Å². The highest BCUT2D eigenvalue weighted by molar-refractivity contribution is 6.31. The van der Waals surface area contributed by atoms with Gasteiger partial charge in [-0.05, 0) is 85.4 Å². The van der Waals surface area contributed by atoms with Gasteiger partial charge in [-0.25, -0.2) is 0 Å². The lowest BCUT2D eigenvalue weighted by Gasteiger charge is -2.22. The summed E-state index contributed by atoms with van der Waals surface area (Å²) in [5, 5.41) is 26.9. The van der Waals surface area contributed by atoms with E-state index < -0.39 is 12.1 Å². The van der Waals surface area contributed by atoms with Crippen LogP contribution in [-0.2, 0) is 28.8 Å². The number of carboxylic acid groups (broad SMARTS) is 1. The predicted molar refractivity (Wildman–Crippen MR) is 154 cm³/mol. The average molecular weight is 548 g/mol. The Balaban J connectivity index is 1.63. The molecule has 0 amide bonds. The predicted octanol–water partition coefficient (Wildman–Crippen LogP) is 5.33. The number of hydrogen-bond donors (Lipinski definition) is 4. The summed E-state index contributed by atoms with van der Waals surface area (Å²) < 4.78 is 6.08. The molecule has 1 unspecified atom stereocenters. The summed E-state index contributed by atoms with van der Waals surface area (Å²) in [6.45, 7) is 8.70. The van der Waals surface area contributed by atoms with E-state index in [1.807, 2.05) is 12.1 Å². The number of halogens is 1. The van der Waals surface area contributed by atoms with Crippen molar-refractivity contribution in [2.45, 2.75) is 84.3 Å². The zero-order valence-electron chi connectivity index (χ0n) is 23.2. The van der Waals surface area contributed by atoms with Crippen molar-refractivity contribution in [2.24, 2.45) is 5.92 Å². The van der Waals surface area contributed by atoms with Crippen LogP contribution in [0.3, 0.4) is 0 Å². The number of aliphatic hydroxyl groups excluding tert-OH is 1. The van der Waals surface area contributed by atoms with E-state index in [9.17, 15) is 9.90 Å². The number of aryl methyl sites for hydroxylation is 2. The third kappa shape index (κ3) is 12.2. The van der Waals surface area contributed by atoms with E-state index in [4.69, 9.17) is 21.4 Å². The second kappa shape index (κ2) is 18.3. The highest BCUT2D eigenvalue weighted by Crippen LogP contribution is 2.27. The van der Waals surface area contributed by atoms with Crippen LogP contribution in [0.1, 0.15) is 81.2 Å². The highest BCUT2D eigenvalue weighted by atomic mass is 35.5. The van der Waals surface area contributed by atoms with E-state index in [2.05, 4.69) is 48.5 Å². The van der Waals surface area contributed by atoms with Gasteiger partial charge >= 0.3 is 5.97 Å². The van der Waals surface area contributed by atoms with Gasteiger partial charge in [-0.3, -0.25) is 9.78 Å². The summed E-state index contributed by atoms with van der Waals surface area (Å²) in [5.41, 5.74) is 4.42. The first kappa shape index (κ1) is 32.2. The third-order valence-electron chi connectivity index (χ3n) is 6.69. The van der Waals surface area contributed by atoms with Gasteiger partial charge in [0.25, 0.3) is 0 Å². The summed E-state index contributed by atoms with van der Waals surface area (Å²) in [6.07, 6.45) is 9.04. The van der Waals surface area contributed by atoms with E-state index >= 15 is 0 Å². The first-order valence-corrected chi connectivity index (χ1v) is 14.3. The van der Waals surface area contributed by atoms with Crippen LogP contribution in [0.5, 0.6) is 0 Å². The van der Waals surface area contributed by atoms with Gasteiger partial charge in [0.2, 0.25) is 0 Å². The van der Waals surface area contributed by atoms with Gasteiger partial charge in [-0.1, -0.05) is 50.9 Å². The molecule has 3 atom stereocenters. The number of hydrogen-bond acceptors (Lipinski definition) is 6.